The molecule has 0 radical (unpaired) electrons. The number of aromatic hydroxyl groups is 1. The standard InChI is InChI=1S/C23H26Cl2O5/c1-22(2)7-14(26)19(15(27)8-22)18(12-5-11(24)6-13(25)21(12)30)20-16(28)9-23(3,4)10-17(20)29/h5-6,18,26,28,30H,7-10H2,1-4H3. The summed E-state index contributed by atoms with van der Waals surface area (Å²) in [6.07, 6.45) is 0.776. The molecule has 5 nitrogen and oxygen atoms in total. The molecule has 0 unspecified atom stereocenters. The molecule has 1 aromatic rings. The van der Waals surface area contributed by atoms with E-state index in [0.717, 1.165) is 0 Å². The van der Waals surface area contributed by atoms with Crippen molar-refractivity contribution in [3.05, 3.63) is 50.4 Å². The lowest BCUT2D eigenvalue weighted by molar-refractivity contribution is -0.119. The molecule has 2 aliphatic carbocycles. The Labute approximate surface area is 186 Å². The van der Waals surface area contributed by atoms with Crippen LogP contribution >= 0.6 is 23.2 Å². The molecule has 0 fully saturated rings. The molecule has 1 aromatic carbocycles. The number of ketones is 2. The molecule has 0 heterocycles. The summed E-state index contributed by atoms with van der Waals surface area (Å²) in [4.78, 5) is 26.2. The van der Waals surface area contributed by atoms with Crippen LogP contribution in [0.25, 0.3) is 0 Å². The number of phenols is 1. The van der Waals surface area contributed by atoms with Gasteiger partial charge in [0.2, 0.25) is 0 Å². The highest BCUT2D eigenvalue weighted by atomic mass is 35.5. The normalized spacial score (nSPS) is 21.6. The number of carbonyl (C=O) groups excluding carboxylic acids is 2. The predicted molar refractivity (Wildman–Crippen MR) is 116 cm³/mol. The number of aliphatic hydroxyl groups excluding tert-OH is 2. The summed E-state index contributed by atoms with van der Waals surface area (Å²) >= 11 is 12.3. The van der Waals surface area contributed by atoms with Gasteiger partial charge in [0.05, 0.1) is 10.9 Å². The molecule has 30 heavy (non-hydrogen) atoms. The summed E-state index contributed by atoms with van der Waals surface area (Å²) in [5.41, 5.74) is -0.789. The Kier molecular flexibility index (Phi) is 5.76. The maximum Gasteiger partial charge on any atom is 0.163 e. The minimum atomic E-state index is -1.16. The summed E-state index contributed by atoms with van der Waals surface area (Å²) < 4.78 is 0. The molecule has 3 rings (SSSR count). The first-order valence-electron chi connectivity index (χ1n) is 9.81. The number of rotatable bonds is 3. The van der Waals surface area contributed by atoms with Crippen LogP contribution in [0.5, 0.6) is 5.75 Å². The molecular weight excluding hydrogens is 427 g/mol. The van der Waals surface area contributed by atoms with Crippen LogP contribution in [0.3, 0.4) is 0 Å². The van der Waals surface area contributed by atoms with Crippen molar-refractivity contribution in [2.24, 2.45) is 10.8 Å². The molecular formula is C23H26Cl2O5. The fraction of sp³-hybridized carbons (Fsp3) is 0.478. The van der Waals surface area contributed by atoms with Crippen molar-refractivity contribution in [2.45, 2.75) is 59.3 Å². The summed E-state index contributed by atoms with van der Waals surface area (Å²) in [5.74, 6) is -2.51. The fourth-order valence-electron chi connectivity index (χ4n) is 4.52. The summed E-state index contributed by atoms with van der Waals surface area (Å²) in [6, 6.07) is 2.76. The van der Waals surface area contributed by atoms with Gasteiger partial charge in [0.15, 0.2) is 11.6 Å². The number of hydrogen-bond donors (Lipinski definition) is 3. The molecule has 0 saturated carbocycles. The summed E-state index contributed by atoms with van der Waals surface area (Å²) in [7, 11) is 0. The van der Waals surface area contributed by atoms with Gasteiger partial charge in [0, 0.05) is 47.4 Å². The van der Waals surface area contributed by atoms with E-state index in [9.17, 15) is 24.9 Å². The van der Waals surface area contributed by atoms with Gasteiger partial charge in [0.1, 0.15) is 17.3 Å². The molecule has 0 atom stereocenters. The number of hydrogen-bond acceptors (Lipinski definition) is 5. The molecule has 3 N–H and O–H groups in total. The first-order chi connectivity index (χ1) is 13.7. The number of carbonyl (C=O) groups is 2. The minimum Gasteiger partial charge on any atom is -0.512 e. The summed E-state index contributed by atoms with van der Waals surface area (Å²) in [6.45, 7) is 7.47. The van der Waals surface area contributed by atoms with E-state index in [1.165, 1.54) is 12.1 Å². The number of Topliss-reactive ketones (excluding diaryl/α,β-unsaturated/α-hetero) is 2. The van der Waals surface area contributed by atoms with Gasteiger partial charge in [-0.1, -0.05) is 50.9 Å². The van der Waals surface area contributed by atoms with E-state index in [-0.39, 0.29) is 81.3 Å². The van der Waals surface area contributed by atoms with Gasteiger partial charge in [-0.25, -0.2) is 0 Å². The monoisotopic (exact) mass is 452 g/mol. The van der Waals surface area contributed by atoms with Crippen LogP contribution in [0.1, 0.15) is 64.9 Å². The molecule has 162 valence electrons. The molecule has 0 aromatic heterocycles. The van der Waals surface area contributed by atoms with E-state index in [2.05, 4.69) is 0 Å². The number of halogens is 2. The zero-order chi connectivity index (χ0) is 22.6. The predicted octanol–water partition coefficient (Wildman–Crippen LogP) is 6.19. The fourth-order valence-corrected chi connectivity index (χ4v) is 5.03. The average Bonchev–Trinajstić information content (AvgIpc) is 2.53. The Morgan fingerprint density at radius 2 is 1.23 bits per heavy atom. The van der Waals surface area contributed by atoms with Gasteiger partial charge in [-0.2, -0.15) is 0 Å². The highest BCUT2D eigenvalue weighted by molar-refractivity contribution is 6.35. The van der Waals surface area contributed by atoms with Gasteiger partial charge >= 0.3 is 0 Å². The lowest BCUT2D eigenvalue weighted by atomic mass is 9.67. The van der Waals surface area contributed by atoms with Crippen molar-refractivity contribution in [2.75, 3.05) is 0 Å². The zero-order valence-electron chi connectivity index (χ0n) is 17.5. The minimum absolute atomic E-state index is 0.00226. The van der Waals surface area contributed by atoms with Crippen LogP contribution in [0.2, 0.25) is 10.0 Å². The van der Waals surface area contributed by atoms with E-state index in [0.29, 0.717) is 0 Å². The first-order valence-corrected chi connectivity index (χ1v) is 10.6. The lowest BCUT2D eigenvalue weighted by Crippen LogP contribution is -2.33. The number of phenolic OH excluding ortho intramolecular Hbond substituents is 1. The van der Waals surface area contributed by atoms with Gasteiger partial charge < -0.3 is 15.3 Å². The van der Waals surface area contributed by atoms with Crippen LogP contribution in [0.4, 0.5) is 0 Å². The van der Waals surface area contributed by atoms with Crippen molar-refractivity contribution in [1.29, 1.82) is 0 Å². The van der Waals surface area contributed by atoms with Crippen LogP contribution in [0.15, 0.2) is 34.8 Å². The Morgan fingerprint density at radius 3 is 1.63 bits per heavy atom. The largest absolute Gasteiger partial charge is 0.512 e. The lowest BCUT2D eigenvalue weighted by Gasteiger charge is -2.36. The molecule has 2 aliphatic rings. The summed E-state index contributed by atoms with van der Waals surface area (Å²) in [5, 5.41) is 32.5. The first kappa shape index (κ1) is 22.7. The Balaban J connectivity index is 2.32. The van der Waals surface area contributed by atoms with Gasteiger partial charge in [-0.05, 0) is 23.0 Å². The van der Waals surface area contributed by atoms with Crippen LogP contribution in [-0.2, 0) is 9.59 Å². The van der Waals surface area contributed by atoms with E-state index in [1.807, 2.05) is 27.7 Å². The van der Waals surface area contributed by atoms with Crippen LogP contribution in [0, 0.1) is 10.8 Å². The third kappa shape index (κ3) is 4.23. The topological polar surface area (TPSA) is 94.8 Å². The second kappa shape index (κ2) is 7.61. The van der Waals surface area contributed by atoms with Gasteiger partial charge in [-0.3, -0.25) is 9.59 Å². The highest BCUT2D eigenvalue weighted by Gasteiger charge is 2.44. The second-order valence-corrected chi connectivity index (χ2v) is 10.7. The van der Waals surface area contributed by atoms with Crippen molar-refractivity contribution in [3.8, 4) is 5.75 Å². The number of benzene rings is 1. The molecule has 0 aliphatic heterocycles. The smallest absolute Gasteiger partial charge is 0.163 e. The molecule has 0 saturated heterocycles. The zero-order valence-corrected chi connectivity index (χ0v) is 19.0. The van der Waals surface area contributed by atoms with Crippen molar-refractivity contribution < 1.29 is 24.9 Å². The Morgan fingerprint density at radius 1 is 0.800 bits per heavy atom. The van der Waals surface area contributed by atoms with Gasteiger partial charge in [0.25, 0.3) is 0 Å². The second-order valence-electron chi connectivity index (χ2n) is 9.86. The third-order valence-corrected chi connectivity index (χ3v) is 6.25. The number of allylic oxidation sites excluding steroid dienone is 4. The maximum absolute atomic E-state index is 13.1. The van der Waals surface area contributed by atoms with Crippen LogP contribution < -0.4 is 0 Å². The van der Waals surface area contributed by atoms with E-state index in [1.54, 1.807) is 0 Å². The Hall–Kier alpha value is -1.98. The molecule has 0 spiro atoms. The van der Waals surface area contributed by atoms with Crippen molar-refractivity contribution in [1.82, 2.24) is 0 Å². The quantitative estimate of drug-likeness (QED) is 0.508. The Bertz CT molecular complexity index is 949. The van der Waals surface area contributed by atoms with E-state index >= 15 is 0 Å². The average molecular weight is 453 g/mol. The third-order valence-electron chi connectivity index (χ3n) is 5.74. The van der Waals surface area contributed by atoms with Gasteiger partial charge in [-0.15, -0.1) is 0 Å². The van der Waals surface area contributed by atoms with E-state index in [4.69, 9.17) is 23.2 Å². The highest BCUT2D eigenvalue weighted by Crippen LogP contribution is 2.50. The van der Waals surface area contributed by atoms with Crippen molar-refractivity contribution >= 4 is 34.8 Å². The maximum atomic E-state index is 13.1. The van der Waals surface area contributed by atoms with E-state index < -0.39 is 16.7 Å². The van der Waals surface area contributed by atoms with Crippen LogP contribution in [-0.4, -0.2) is 26.9 Å². The van der Waals surface area contributed by atoms with Crippen molar-refractivity contribution in [3.63, 3.8) is 0 Å². The number of aliphatic hydroxyl groups is 2. The molecule has 7 heteroatoms. The SMILES string of the molecule is CC1(C)CC(=O)C(C(C2=C(O)CC(C)(C)CC2=O)c2cc(Cl)cc(Cl)c2O)=C(O)C1. The molecule has 0 amide bonds. The molecule has 0 bridgehead atoms.